The van der Waals surface area contributed by atoms with E-state index in [0.29, 0.717) is 51.4 Å². The fraction of sp³-hybridized carbons (Fsp3) is 0.892. The minimum atomic E-state index is -4.27. The summed E-state index contributed by atoms with van der Waals surface area (Å²) < 4.78 is 59.9. The average molecular weight is 723 g/mol. The number of hydrogen-bond acceptors (Lipinski definition) is 8. The molecule has 0 aliphatic rings. The van der Waals surface area contributed by atoms with Crippen LogP contribution in [0.15, 0.2) is 0 Å². The molecular weight excluding hydrogens is 657 g/mol. The number of rotatable bonds is 34. The fourth-order valence-electron chi connectivity index (χ4n) is 6.38. The van der Waals surface area contributed by atoms with Gasteiger partial charge in [0, 0.05) is 51.9 Å². The van der Waals surface area contributed by atoms with Crippen LogP contribution in [0, 0.1) is 45.3 Å². The monoisotopic (exact) mass is 722 g/mol. The van der Waals surface area contributed by atoms with Gasteiger partial charge >= 0.3 is 0 Å². The molecule has 0 saturated carbocycles. The maximum absolute atomic E-state index is 14.7. The van der Waals surface area contributed by atoms with Gasteiger partial charge in [0.1, 0.15) is 0 Å². The second kappa shape index (κ2) is 29.5. The van der Waals surface area contributed by atoms with Gasteiger partial charge in [0.25, 0.3) is 0 Å². The zero-order valence-corrected chi connectivity index (χ0v) is 32.5. The molecule has 0 amide bonds. The third kappa shape index (κ3) is 18.0. The standard InChI is InChI=1S/C37H66N6O4S2/c1-3-37(4-2,48(44,45)42(33-25-17-9-5-13-21-29-38)34-26-18-10-6-14-22-30-39)49(46,47)43(35-27-19-11-7-15-23-31-40)36-28-20-12-8-16-24-32-41/h3-28,33-36H2,1-2H3. The number of sulfonamides is 2. The summed E-state index contributed by atoms with van der Waals surface area (Å²) in [6.07, 6.45) is 18.4. The Kier molecular flexibility index (Phi) is 28.2. The Morgan fingerprint density at radius 2 is 0.592 bits per heavy atom. The van der Waals surface area contributed by atoms with Crippen molar-refractivity contribution in [1.82, 2.24) is 8.61 Å². The smallest absolute Gasteiger partial charge is 0.210 e. The van der Waals surface area contributed by atoms with Crippen LogP contribution in [-0.2, 0) is 20.0 Å². The molecule has 0 N–H and O–H groups in total. The molecule has 0 fully saturated rings. The highest BCUT2D eigenvalue weighted by Gasteiger charge is 2.56. The third-order valence-electron chi connectivity index (χ3n) is 9.48. The molecule has 0 heterocycles. The highest BCUT2D eigenvalue weighted by atomic mass is 32.3. The van der Waals surface area contributed by atoms with Crippen LogP contribution >= 0.6 is 0 Å². The molecule has 0 rings (SSSR count). The van der Waals surface area contributed by atoms with Crippen molar-refractivity contribution in [1.29, 1.82) is 21.0 Å². The second-order valence-corrected chi connectivity index (χ2v) is 17.9. The largest absolute Gasteiger partial charge is 0.235 e. The number of hydrogen-bond donors (Lipinski definition) is 0. The topological polar surface area (TPSA) is 170 Å². The Bertz CT molecular complexity index is 1080. The first kappa shape index (κ1) is 46.8. The molecule has 0 saturated heterocycles. The quantitative estimate of drug-likeness (QED) is 0.0592. The van der Waals surface area contributed by atoms with E-state index in [0.717, 1.165) is 103 Å². The van der Waals surface area contributed by atoms with Crippen LogP contribution in [0.5, 0.6) is 0 Å². The summed E-state index contributed by atoms with van der Waals surface area (Å²) in [7, 11) is -8.53. The molecule has 0 aliphatic heterocycles. The van der Waals surface area contributed by atoms with Gasteiger partial charge in [-0.3, -0.25) is 0 Å². The Balaban J connectivity index is 6.10. The van der Waals surface area contributed by atoms with Crippen molar-refractivity contribution >= 4 is 20.0 Å². The van der Waals surface area contributed by atoms with E-state index < -0.39 is 24.1 Å². The van der Waals surface area contributed by atoms with E-state index in [9.17, 15) is 16.8 Å². The Labute approximate surface area is 300 Å². The van der Waals surface area contributed by atoms with Gasteiger partial charge in [-0.1, -0.05) is 90.9 Å². The van der Waals surface area contributed by atoms with E-state index in [1.807, 2.05) is 0 Å². The first-order valence-corrected chi connectivity index (χ1v) is 22.0. The lowest BCUT2D eigenvalue weighted by Gasteiger charge is -2.39. The summed E-state index contributed by atoms with van der Waals surface area (Å²) in [6.45, 7) is 4.47. The summed E-state index contributed by atoms with van der Waals surface area (Å²) in [5.74, 6) is 0. The maximum Gasteiger partial charge on any atom is 0.235 e. The first-order chi connectivity index (χ1) is 23.7. The van der Waals surface area contributed by atoms with Crippen LogP contribution in [0.25, 0.3) is 0 Å². The summed E-state index contributed by atoms with van der Waals surface area (Å²) in [5.41, 5.74) is 0. The zero-order chi connectivity index (χ0) is 36.7. The van der Waals surface area contributed by atoms with Crippen LogP contribution in [-0.4, -0.2) is 55.7 Å². The molecule has 0 radical (unpaired) electrons. The highest BCUT2D eigenvalue weighted by Crippen LogP contribution is 2.38. The van der Waals surface area contributed by atoms with E-state index in [1.54, 1.807) is 13.8 Å². The van der Waals surface area contributed by atoms with Gasteiger partial charge in [-0.2, -0.15) is 21.0 Å². The third-order valence-corrected chi connectivity index (χ3v) is 15.9. The minimum absolute atomic E-state index is 0.0359. The molecule has 0 aromatic rings. The molecule has 0 bridgehead atoms. The zero-order valence-electron chi connectivity index (χ0n) is 30.8. The van der Waals surface area contributed by atoms with Crippen molar-refractivity contribution in [3.8, 4) is 24.3 Å². The lowest BCUT2D eigenvalue weighted by atomic mass is 10.1. The average Bonchev–Trinajstić information content (AvgIpc) is 3.08. The summed E-state index contributed by atoms with van der Waals surface area (Å²) in [6, 6.07) is 8.64. The summed E-state index contributed by atoms with van der Waals surface area (Å²) in [4.78, 5) is 0. The molecule has 0 spiro atoms. The van der Waals surface area contributed by atoms with Crippen molar-refractivity contribution < 1.29 is 16.8 Å². The van der Waals surface area contributed by atoms with E-state index in [1.165, 1.54) is 8.61 Å². The number of unbranched alkanes of at least 4 members (excludes halogenated alkanes) is 20. The van der Waals surface area contributed by atoms with Crippen LogP contribution in [0.3, 0.4) is 0 Å². The molecule has 280 valence electrons. The van der Waals surface area contributed by atoms with E-state index in [-0.39, 0.29) is 39.0 Å². The molecule has 0 unspecified atom stereocenters. The van der Waals surface area contributed by atoms with Gasteiger partial charge in [-0.15, -0.1) is 0 Å². The van der Waals surface area contributed by atoms with E-state index in [2.05, 4.69) is 24.3 Å². The number of nitrogens with zero attached hydrogens (tertiary/aromatic N) is 6. The van der Waals surface area contributed by atoms with Crippen LogP contribution in [0.2, 0.25) is 0 Å². The predicted octanol–water partition coefficient (Wildman–Crippen LogP) is 9.22. The van der Waals surface area contributed by atoms with Crippen LogP contribution in [0.1, 0.15) is 181 Å². The first-order valence-electron chi connectivity index (χ1n) is 19.1. The molecule has 12 heteroatoms. The minimum Gasteiger partial charge on any atom is -0.210 e. The van der Waals surface area contributed by atoms with Gasteiger partial charge in [0.2, 0.25) is 24.1 Å². The van der Waals surface area contributed by atoms with E-state index >= 15 is 0 Å². The molecule has 0 aliphatic carbocycles. The Hall–Kier alpha value is -2.22. The molecule has 0 aromatic carbocycles. The molecule has 10 nitrogen and oxygen atoms in total. The molecule has 0 aromatic heterocycles. The van der Waals surface area contributed by atoms with Crippen molar-refractivity contribution in [3.63, 3.8) is 0 Å². The lowest BCUT2D eigenvalue weighted by molar-refractivity contribution is 0.351. The summed E-state index contributed by atoms with van der Waals surface area (Å²) in [5, 5.41) is 35.3. The van der Waals surface area contributed by atoms with Crippen LogP contribution in [0.4, 0.5) is 0 Å². The van der Waals surface area contributed by atoms with Gasteiger partial charge in [-0.25, -0.2) is 25.4 Å². The normalized spacial score (nSPS) is 12.1. The van der Waals surface area contributed by atoms with Gasteiger partial charge in [0.15, 0.2) is 0 Å². The van der Waals surface area contributed by atoms with Crippen LogP contribution < -0.4 is 0 Å². The van der Waals surface area contributed by atoms with Crippen molar-refractivity contribution in [3.05, 3.63) is 0 Å². The van der Waals surface area contributed by atoms with Gasteiger partial charge < -0.3 is 0 Å². The second-order valence-electron chi connectivity index (χ2n) is 13.1. The molecular formula is C37H66N6O4S2. The van der Waals surface area contributed by atoms with E-state index in [4.69, 9.17) is 21.0 Å². The highest BCUT2D eigenvalue weighted by molar-refractivity contribution is 8.08. The summed E-state index contributed by atoms with van der Waals surface area (Å²) >= 11 is 0. The molecule has 49 heavy (non-hydrogen) atoms. The Morgan fingerprint density at radius 3 is 0.796 bits per heavy atom. The Morgan fingerprint density at radius 1 is 0.388 bits per heavy atom. The fourth-order valence-corrected chi connectivity index (χ4v) is 12.0. The maximum atomic E-state index is 14.7. The van der Waals surface area contributed by atoms with Crippen molar-refractivity contribution in [2.24, 2.45) is 0 Å². The predicted molar refractivity (Wildman–Crippen MR) is 198 cm³/mol. The SMILES string of the molecule is CCC(CC)(S(=O)(=O)N(CCCCCCCC#N)CCCCCCCC#N)S(=O)(=O)N(CCCCCCCC#N)CCCCCCCC#N. The van der Waals surface area contributed by atoms with Crippen molar-refractivity contribution in [2.75, 3.05) is 26.2 Å². The molecule has 0 atom stereocenters. The van der Waals surface area contributed by atoms with Gasteiger partial charge in [-0.05, 0) is 64.2 Å². The van der Waals surface area contributed by atoms with Gasteiger partial charge in [0.05, 0.1) is 24.3 Å². The lowest BCUT2D eigenvalue weighted by Crippen LogP contribution is -2.58. The number of nitriles is 4. The van der Waals surface area contributed by atoms with Crippen molar-refractivity contribution in [2.45, 2.75) is 185 Å².